The maximum Gasteiger partial charge on any atom is 0.451 e. The first kappa shape index (κ1) is 30.3. The number of ether oxygens (including phenoxy) is 2. The maximum absolute atomic E-state index is 13.5. The lowest BCUT2D eigenvalue weighted by atomic mass is 9.76. The van der Waals surface area contributed by atoms with Crippen LogP contribution in [0, 0.1) is 17.8 Å². The first-order valence-electron chi connectivity index (χ1n) is 13.3. The number of rotatable bonds is 10. The average molecular weight is 543 g/mol. The van der Waals surface area contributed by atoms with Gasteiger partial charge in [0.1, 0.15) is 23.8 Å². The Morgan fingerprint density at radius 3 is 2.56 bits per heavy atom. The highest BCUT2D eigenvalue weighted by Crippen LogP contribution is 2.53. The van der Waals surface area contributed by atoms with Gasteiger partial charge in [0.15, 0.2) is 0 Å². The highest BCUT2D eigenvalue weighted by molar-refractivity contribution is 6.40. The van der Waals surface area contributed by atoms with Gasteiger partial charge in [-0.05, 0) is 75.7 Å². The fraction of sp³-hybridized carbons (Fsp3) is 0.654. The summed E-state index contributed by atoms with van der Waals surface area (Å²) in [6, 6.07) is 8.35. The minimum atomic E-state index is -1.50. The second-order valence-electron chi connectivity index (χ2n) is 11.4. The van der Waals surface area contributed by atoms with Crippen molar-refractivity contribution in [2.45, 2.75) is 77.1 Å². The molecule has 13 heteroatoms. The monoisotopic (exact) mass is 543 g/mol. The molecule has 0 bridgehead atoms. The molecule has 0 radical (unpaired) electrons. The standard InChI is InChI=1S/C26H38BN5O7/c1-17(29-24(35)39-25(2,3)4)22(33)32-14-19-13-26(30-31-28,21(20(19)15-32)11-8-12-27(36)37)23(34)38-16-18-9-6-5-7-10-18/h5-7,9-10,17,19-21,36-37H,8,11-16H2,1-4H3,(H,29,35)/t17-,19-,20+,21-,26-/m0/s1. The largest absolute Gasteiger partial charge is 0.460 e. The van der Waals surface area contributed by atoms with E-state index in [0.717, 1.165) is 5.56 Å². The number of azide groups is 1. The summed E-state index contributed by atoms with van der Waals surface area (Å²) in [5.74, 6) is -1.67. The first-order valence-corrected chi connectivity index (χ1v) is 13.3. The second kappa shape index (κ2) is 12.7. The van der Waals surface area contributed by atoms with Crippen molar-refractivity contribution in [3.05, 3.63) is 46.3 Å². The van der Waals surface area contributed by atoms with E-state index in [4.69, 9.17) is 9.47 Å². The molecule has 12 nitrogen and oxygen atoms in total. The molecule has 1 aromatic rings. The smallest absolute Gasteiger partial charge is 0.451 e. The Morgan fingerprint density at radius 2 is 1.95 bits per heavy atom. The minimum Gasteiger partial charge on any atom is -0.460 e. The summed E-state index contributed by atoms with van der Waals surface area (Å²) < 4.78 is 10.9. The molecule has 1 aliphatic carbocycles. The van der Waals surface area contributed by atoms with Gasteiger partial charge in [0.2, 0.25) is 5.91 Å². The van der Waals surface area contributed by atoms with Crippen LogP contribution in [0.4, 0.5) is 4.79 Å². The van der Waals surface area contributed by atoms with Gasteiger partial charge in [-0.2, -0.15) is 0 Å². The molecule has 3 rings (SSSR count). The van der Waals surface area contributed by atoms with E-state index in [0.29, 0.717) is 25.9 Å². The van der Waals surface area contributed by atoms with E-state index in [1.54, 1.807) is 32.6 Å². The fourth-order valence-corrected chi connectivity index (χ4v) is 5.76. The molecule has 1 heterocycles. The van der Waals surface area contributed by atoms with Crippen molar-refractivity contribution in [3.63, 3.8) is 0 Å². The summed E-state index contributed by atoms with van der Waals surface area (Å²) in [7, 11) is -1.50. The number of benzene rings is 1. The van der Waals surface area contributed by atoms with E-state index < -0.39 is 42.3 Å². The normalized spacial score (nSPS) is 24.8. The predicted octanol–water partition coefficient (Wildman–Crippen LogP) is 3.04. The summed E-state index contributed by atoms with van der Waals surface area (Å²) in [6.07, 6.45) is 0.376. The van der Waals surface area contributed by atoms with Gasteiger partial charge in [0, 0.05) is 18.0 Å². The highest BCUT2D eigenvalue weighted by Gasteiger charge is 2.61. The molecular formula is C26H38BN5O7. The van der Waals surface area contributed by atoms with E-state index in [-0.39, 0.29) is 37.1 Å². The van der Waals surface area contributed by atoms with Crippen LogP contribution in [0.5, 0.6) is 0 Å². The molecule has 0 spiro atoms. The van der Waals surface area contributed by atoms with Crippen LogP contribution >= 0.6 is 0 Å². The van der Waals surface area contributed by atoms with Crippen LogP contribution in [0.25, 0.3) is 10.4 Å². The summed E-state index contributed by atoms with van der Waals surface area (Å²) in [5, 5.41) is 25.3. The quantitative estimate of drug-likeness (QED) is 0.134. The number of nitrogens with one attached hydrogen (secondary N) is 1. The Morgan fingerprint density at radius 1 is 1.26 bits per heavy atom. The molecule has 1 aromatic carbocycles. The van der Waals surface area contributed by atoms with Crippen molar-refractivity contribution >= 4 is 25.1 Å². The van der Waals surface area contributed by atoms with Crippen molar-refractivity contribution in [2.24, 2.45) is 22.9 Å². The van der Waals surface area contributed by atoms with Crippen LogP contribution in [0.2, 0.25) is 6.32 Å². The van der Waals surface area contributed by atoms with Crippen LogP contribution in [0.1, 0.15) is 52.5 Å². The Hall–Kier alpha value is -3.28. The molecule has 5 atom stereocenters. The molecule has 39 heavy (non-hydrogen) atoms. The summed E-state index contributed by atoms with van der Waals surface area (Å²) in [5.41, 5.74) is 8.08. The van der Waals surface area contributed by atoms with Gasteiger partial charge < -0.3 is 29.7 Å². The number of fused-ring (bicyclic) bond motifs is 1. The molecule has 1 saturated carbocycles. The topological polar surface area (TPSA) is 174 Å². The van der Waals surface area contributed by atoms with Gasteiger partial charge in [-0.15, -0.1) is 0 Å². The van der Waals surface area contributed by atoms with E-state index in [9.17, 15) is 30.0 Å². The number of esters is 1. The molecule has 2 amide bonds. The number of alkyl carbamates (subject to hydrolysis) is 1. The molecule has 3 N–H and O–H groups in total. The van der Waals surface area contributed by atoms with Crippen molar-refractivity contribution in [2.75, 3.05) is 13.1 Å². The fourth-order valence-electron chi connectivity index (χ4n) is 5.76. The Bertz CT molecular complexity index is 1080. The lowest BCUT2D eigenvalue weighted by Gasteiger charge is -2.33. The number of hydrogen-bond acceptors (Lipinski definition) is 8. The third-order valence-electron chi connectivity index (χ3n) is 7.38. The predicted molar refractivity (Wildman–Crippen MR) is 143 cm³/mol. The van der Waals surface area contributed by atoms with E-state index in [1.807, 2.05) is 30.3 Å². The van der Waals surface area contributed by atoms with Gasteiger partial charge >= 0.3 is 19.2 Å². The lowest BCUT2D eigenvalue weighted by Crippen LogP contribution is -2.49. The zero-order valence-electron chi connectivity index (χ0n) is 22.9. The molecule has 0 aromatic heterocycles. The molecule has 212 valence electrons. The van der Waals surface area contributed by atoms with Crippen LogP contribution in [-0.2, 0) is 25.7 Å². The first-order chi connectivity index (χ1) is 18.4. The van der Waals surface area contributed by atoms with Crippen molar-refractivity contribution < 1.29 is 33.9 Å². The maximum atomic E-state index is 13.5. The number of carbonyl (C=O) groups excluding carboxylic acids is 3. The van der Waals surface area contributed by atoms with E-state index >= 15 is 0 Å². The van der Waals surface area contributed by atoms with Gasteiger partial charge in [-0.1, -0.05) is 41.9 Å². The van der Waals surface area contributed by atoms with Gasteiger partial charge in [-0.3, -0.25) is 9.59 Å². The van der Waals surface area contributed by atoms with Crippen LogP contribution < -0.4 is 5.32 Å². The van der Waals surface area contributed by atoms with Gasteiger partial charge in [0.25, 0.3) is 0 Å². The van der Waals surface area contributed by atoms with Gasteiger partial charge in [-0.25, -0.2) is 4.79 Å². The zero-order valence-corrected chi connectivity index (χ0v) is 22.9. The molecule has 2 aliphatic rings. The Balaban J connectivity index is 1.76. The number of hydrogen-bond donors (Lipinski definition) is 3. The number of amides is 2. The van der Waals surface area contributed by atoms with Gasteiger partial charge in [0.05, 0.1) is 0 Å². The molecular weight excluding hydrogens is 505 g/mol. The van der Waals surface area contributed by atoms with Crippen molar-refractivity contribution in [1.82, 2.24) is 10.2 Å². The van der Waals surface area contributed by atoms with Crippen LogP contribution in [0.3, 0.4) is 0 Å². The molecule has 1 aliphatic heterocycles. The summed E-state index contributed by atoms with van der Waals surface area (Å²) >= 11 is 0. The third kappa shape index (κ3) is 7.65. The number of carbonyl (C=O) groups is 3. The highest BCUT2D eigenvalue weighted by atomic mass is 16.6. The summed E-state index contributed by atoms with van der Waals surface area (Å²) in [4.78, 5) is 43.5. The minimum absolute atomic E-state index is 0.0260. The van der Waals surface area contributed by atoms with Crippen LogP contribution in [-0.4, -0.2) is 70.3 Å². The second-order valence-corrected chi connectivity index (χ2v) is 11.4. The number of nitrogens with zero attached hydrogens (tertiary/aromatic N) is 4. The third-order valence-corrected chi connectivity index (χ3v) is 7.38. The molecule has 2 fully saturated rings. The van der Waals surface area contributed by atoms with Crippen molar-refractivity contribution in [3.8, 4) is 0 Å². The Labute approximate surface area is 228 Å². The average Bonchev–Trinajstić information content (AvgIpc) is 3.38. The molecule has 0 unspecified atom stereocenters. The lowest BCUT2D eigenvalue weighted by molar-refractivity contribution is -0.153. The van der Waals surface area contributed by atoms with Crippen molar-refractivity contribution in [1.29, 1.82) is 0 Å². The number of likely N-dealkylation sites (tertiary alicyclic amines) is 1. The van der Waals surface area contributed by atoms with E-state index in [1.165, 1.54) is 0 Å². The molecule has 1 saturated heterocycles. The Kier molecular flexibility index (Phi) is 9.87. The SMILES string of the molecule is C[C@H](NC(=O)OC(C)(C)C)C(=O)N1C[C@@H]2C[C@@](N=[N+]=[N-])(C(=O)OCc3ccccc3)[C@@H](CCCB(O)O)[C@@H]2C1. The summed E-state index contributed by atoms with van der Waals surface area (Å²) in [6.45, 7) is 7.46. The van der Waals surface area contributed by atoms with Crippen LogP contribution in [0.15, 0.2) is 35.4 Å². The zero-order chi connectivity index (χ0) is 28.8. The van der Waals surface area contributed by atoms with E-state index in [2.05, 4.69) is 15.3 Å².